The van der Waals surface area contributed by atoms with Gasteiger partial charge in [0.25, 0.3) is 0 Å². The molecule has 1 aromatic rings. The minimum atomic E-state index is 0.116. The predicted molar refractivity (Wildman–Crippen MR) is 67.6 cm³/mol. The normalized spacial score (nSPS) is 25.6. The van der Waals surface area contributed by atoms with E-state index in [-0.39, 0.29) is 6.04 Å². The van der Waals surface area contributed by atoms with Crippen molar-refractivity contribution >= 4 is 0 Å². The zero-order valence-electron chi connectivity index (χ0n) is 10.8. The largest absolute Gasteiger partial charge is 0.378 e. The lowest BCUT2D eigenvalue weighted by atomic mass is 9.78. The van der Waals surface area contributed by atoms with Gasteiger partial charge < -0.3 is 10.5 Å². The lowest BCUT2D eigenvalue weighted by Gasteiger charge is -2.36. The lowest BCUT2D eigenvalue weighted by molar-refractivity contribution is -0.0283. The van der Waals surface area contributed by atoms with Gasteiger partial charge in [0, 0.05) is 25.4 Å². The molecule has 1 aliphatic rings. The van der Waals surface area contributed by atoms with E-state index in [1.165, 1.54) is 12.8 Å². The average Bonchev–Trinajstić information content (AvgIpc) is 2.74. The summed E-state index contributed by atoms with van der Waals surface area (Å²) in [5.74, 6) is 0.724. The summed E-state index contributed by atoms with van der Waals surface area (Å²) < 4.78 is 7.56. The fourth-order valence-corrected chi connectivity index (χ4v) is 2.64. The number of nitrogens with two attached hydrogens (primary N) is 1. The van der Waals surface area contributed by atoms with Crippen LogP contribution in [-0.2, 0) is 11.3 Å². The molecule has 4 heteroatoms. The Morgan fingerprint density at radius 2 is 2.29 bits per heavy atom. The Kier molecular flexibility index (Phi) is 4.18. The van der Waals surface area contributed by atoms with Gasteiger partial charge in [-0.15, -0.1) is 0 Å². The highest BCUT2D eigenvalue weighted by Crippen LogP contribution is 2.36. The molecule has 0 bridgehead atoms. The van der Waals surface area contributed by atoms with Crippen LogP contribution in [0.3, 0.4) is 0 Å². The second-order valence-corrected chi connectivity index (χ2v) is 4.83. The summed E-state index contributed by atoms with van der Waals surface area (Å²) in [5, 5.41) is 4.26. The molecule has 1 atom stereocenters. The van der Waals surface area contributed by atoms with Gasteiger partial charge in [-0.2, -0.15) is 5.10 Å². The van der Waals surface area contributed by atoms with Crippen molar-refractivity contribution in [2.45, 2.75) is 51.8 Å². The first-order chi connectivity index (χ1) is 8.24. The Balaban J connectivity index is 1.80. The maximum absolute atomic E-state index is 6.24. The molecule has 0 amide bonds. The van der Waals surface area contributed by atoms with Crippen LogP contribution in [0.15, 0.2) is 12.3 Å². The summed E-state index contributed by atoms with van der Waals surface area (Å²) in [7, 11) is 0. The standard InChI is InChI=1S/C13H23N3O/c1-3-16-13(5-6-15-16)12(14)9-10-7-11(8-10)17-4-2/h5-6,10-12H,3-4,7-9,14H2,1-2H3. The minimum absolute atomic E-state index is 0.116. The predicted octanol–water partition coefficient (Wildman–Crippen LogP) is 2.11. The Bertz CT molecular complexity index is 344. The van der Waals surface area contributed by atoms with Crippen LogP contribution < -0.4 is 5.73 Å². The SMILES string of the molecule is CCOC1CC(CC(N)c2ccnn2CC)C1. The van der Waals surface area contributed by atoms with Gasteiger partial charge in [0.2, 0.25) is 0 Å². The van der Waals surface area contributed by atoms with E-state index in [0.717, 1.165) is 31.2 Å². The van der Waals surface area contributed by atoms with Crippen molar-refractivity contribution in [3.05, 3.63) is 18.0 Å². The van der Waals surface area contributed by atoms with Crippen LogP contribution >= 0.6 is 0 Å². The number of nitrogens with zero attached hydrogens (tertiary/aromatic N) is 2. The first-order valence-corrected chi connectivity index (χ1v) is 6.63. The molecular weight excluding hydrogens is 214 g/mol. The molecule has 2 rings (SSSR count). The third-order valence-electron chi connectivity index (χ3n) is 3.61. The molecule has 1 saturated carbocycles. The zero-order chi connectivity index (χ0) is 12.3. The maximum atomic E-state index is 6.24. The highest BCUT2D eigenvalue weighted by Gasteiger charge is 2.31. The summed E-state index contributed by atoms with van der Waals surface area (Å²) >= 11 is 0. The van der Waals surface area contributed by atoms with E-state index in [0.29, 0.717) is 6.10 Å². The molecule has 1 fully saturated rings. The Labute approximate surface area is 103 Å². The number of hydrogen-bond donors (Lipinski definition) is 1. The van der Waals surface area contributed by atoms with Crippen molar-refractivity contribution in [3.8, 4) is 0 Å². The van der Waals surface area contributed by atoms with Crippen LogP contribution in [0.4, 0.5) is 0 Å². The van der Waals surface area contributed by atoms with Crippen LogP contribution in [-0.4, -0.2) is 22.5 Å². The first kappa shape index (κ1) is 12.6. The van der Waals surface area contributed by atoms with E-state index in [9.17, 15) is 0 Å². The van der Waals surface area contributed by atoms with E-state index in [1.807, 2.05) is 16.9 Å². The van der Waals surface area contributed by atoms with Crippen molar-refractivity contribution < 1.29 is 4.74 Å². The van der Waals surface area contributed by atoms with E-state index in [2.05, 4.69) is 18.9 Å². The van der Waals surface area contributed by atoms with Crippen LogP contribution in [0, 0.1) is 5.92 Å². The molecular formula is C13H23N3O. The van der Waals surface area contributed by atoms with Gasteiger partial charge in [-0.3, -0.25) is 4.68 Å². The number of ether oxygens (including phenoxy) is 1. The Hall–Kier alpha value is -0.870. The van der Waals surface area contributed by atoms with E-state index < -0.39 is 0 Å². The summed E-state index contributed by atoms with van der Waals surface area (Å²) in [6.45, 7) is 5.87. The fraction of sp³-hybridized carbons (Fsp3) is 0.769. The van der Waals surface area contributed by atoms with E-state index >= 15 is 0 Å². The molecule has 4 nitrogen and oxygen atoms in total. The van der Waals surface area contributed by atoms with Crippen molar-refractivity contribution in [1.29, 1.82) is 0 Å². The van der Waals surface area contributed by atoms with Gasteiger partial charge in [0.1, 0.15) is 0 Å². The molecule has 17 heavy (non-hydrogen) atoms. The number of rotatable bonds is 6. The average molecular weight is 237 g/mol. The Morgan fingerprint density at radius 3 is 2.94 bits per heavy atom. The van der Waals surface area contributed by atoms with Gasteiger partial charge in [-0.25, -0.2) is 0 Å². The molecule has 0 saturated heterocycles. The highest BCUT2D eigenvalue weighted by atomic mass is 16.5. The van der Waals surface area contributed by atoms with Crippen LogP contribution in [0.5, 0.6) is 0 Å². The monoisotopic (exact) mass is 237 g/mol. The fourth-order valence-electron chi connectivity index (χ4n) is 2.64. The third-order valence-corrected chi connectivity index (χ3v) is 3.61. The maximum Gasteiger partial charge on any atom is 0.0580 e. The van der Waals surface area contributed by atoms with Gasteiger partial charge in [-0.1, -0.05) is 0 Å². The molecule has 1 unspecified atom stereocenters. The van der Waals surface area contributed by atoms with Gasteiger partial charge in [0.15, 0.2) is 0 Å². The summed E-state index contributed by atoms with van der Waals surface area (Å²) in [6, 6.07) is 2.15. The second-order valence-electron chi connectivity index (χ2n) is 4.83. The molecule has 0 aliphatic heterocycles. The number of aryl methyl sites for hydroxylation is 1. The van der Waals surface area contributed by atoms with Crippen molar-refractivity contribution in [3.63, 3.8) is 0 Å². The van der Waals surface area contributed by atoms with Crippen molar-refractivity contribution in [1.82, 2.24) is 9.78 Å². The third kappa shape index (κ3) is 2.87. The van der Waals surface area contributed by atoms with Crippen LogP contribution in [0.1, 0.15) is 44.8 Å². The highest BCUT2D eigenvalue weighted by molar-refractivity contribution is 5.07. The van der Waals surface area contributed by atoms with Gasteiger partial charge in [0.05, 0.1) is 11.8 Å². The first-order valence-electron chi connectivity index (χ1n) is 6.63. The summed E-state index contributed by atoms with van der Waals surface area (Å²) in [5.41, 5.74) is 7.40. The molecule has 1 heterocycles. The van der Waals surface area contributed by atoms with E-state index in [1.54, 1.807) is 0 Å². The number of aromatic nitrogens is 2. The molecule has 1 aliphatic carbocycles. The minimum Gasteiger partial charge on any atom is -0.378 e. The Morgan fingerprint density at radius 1 is 1.53 bits per heavy atom. The van der Waals surface area contributed by atoms with Crippen LogP contribution in [0.25, 0.3) is 0 Å². The second kappa shape index (κ2) is 5.65. The lowest BCUT2D eigenvalue weighted by Crippen LogP contribution is -2.33. The molecule has 0 aromatic carbocycles. The van der Waals surface area contributed by atoms with Crippen molar-refractivity contribution in [2.24, 2.45) is 11.7 Å². The quantitative estimate of drug-likeness (QED) is 0.824. The summed E-state index contributed by atoms with van der Waals surface area (Å²) in [6.07, 6.45) is 5.70. The zero-order valence-corrected chi connectivity index (χ0v) is 10.8. The topological polar surface area (TPSA) is 53.1 Å². The van der Waals surface area contributed by atoms with E-state index in [4.69, 9.17) is 10.5 Å². The van der Waals surface area contributed by atoms with Gasteiger partial charge in [-0.05, 0) is 45.1 Å². The summed E-state index contributed by atoms with van der Waals surface area (Å²) in [4.78, 5) is 0. The molecule has 1 aromatic heterocycles. The van der Waals surface area contributed by atoms with Gasteiger partial charge >= 0.3 is 0 Å². The molecule has 96 valence electrons. The van der Waals surface area contributed by atoms with Crippen LogP contribution in [0.2, 0.25) is 0 Å². The molecule has 0 spiro atoms. The smallest absolute Gasteiger partial charge is 0.0580 e. The van der Waals surface area contributed by atoms with Crippen molar-refractivity contribution in [2.75, 3.05) is 6.61 Å². The number of hydrogen-bond acceptors (Lipinski definition) is 3. The molecule has 0 radical (unpaired) electrons. The molecule has 2 N–H and O–H groups in total.